The van der Waals surface area contributed by atoms with Gasteiger partial charge >= 0.3 is 0 Å². The molecule has 1 aliphatic rings. The Morgan fingerprint density at radius 1 is 1.40 bits per heavy atom. The third-order valence-electron chi connectivity index (χ3n) is 3.46. The van der Waals surface area contributed by atoms with Gasteiger partial charge in [-0.1, -0.05) is 18.9 Å². The van der Waals surface area contributed by atoms with Crippen LogP contribution in [0.5, 0.6) is 0 Å². The minimum Gasteiger partial charge on any atom is -0.312 e. The van der Waals surface area contributed by atoms with Crippen LogP contribution in [0.4, 0.5) is 0 Å². The molecule has 0 saturated carbocycles. The molecule has 1 atom stereocenters. The minimum absolute atomic E-state index is 0.389. The molecule has 0 spiro atoms. The molecule has 2 rings (SSSR count). The fraction of sp³-hybridized carbons (Fsp3) is 0.692. The molecule has 1 fully saturated rings. The second-order valence-electron chi connectivity index (χ2n) is 4.88. The molecule has 0 radical (unpaired) electrons. The van der Waals surface area contributed by atoms with Crippen molar-refractivity contribution in [1.29, 1.82) is 0 Å². The Morgan fingerprint density at radius 2 is 2.33 bits per heavy atom. The second kappa shape index (κ2) is 5.13. The first-order chi connectivity index (χ1) is 7.29. The molecule has 0 amide bonds. The molecule has 2 heterocycles. The molecule has 0 aliphatic carbocycles. The molecular formula is C13H21NS. The van der Waals surface area contributed by atoms with Crippen molar-refractivity contribution in [1.82, 2.24) is 5.32 Å². The topological polar surface area (TPSA) is 12.0 Å². The summed E-state index contributed by atoms with van der Waals surface area (Å²) >= 11 is 1.89. The highest BCUT2D eigenvalue weighted by Crippen LogP contribution is 2.24. The fourth-order valence-corrected chi connectivity index (χ4v) is 3.07. The maximum absolute atomic E-state index is 3.73. The lowest BCUT2D eigenvalue weighted by Gasteiger charge is -2.29. The van der Waals surface area contributed by atoms with Gasteiger partial charge in [0, 0.05) is 10.4 Å². The van der Waals surface area contributed by atoms with Crippen molar-refractivity contribution in [2.45, 2.75) is 51.0 Å². The smallest absolute Gasteiger partial charge is 0.0156 e. The van der Waals surface area contributed by atoms with Gasteiger partial charge < -0.3 is 5.32 Å². The summed E-state index contributed by atoms with van der Waals surface area (Å²) in [5, 5.41) is 5.90. The molecule has 1 unspecified atom stereocenters. The Hall–Kier alpha value is -0.340. The van der Waals surface area contributed by atoms with Gasteiger partial charge in [0.1, 0.15) is 0 Å². The van der Waals surface area contributed by atoms with Crippen molar-refractivity contribution >= 4 is 11.3 Å². The molecule has 1 aromatic heterocycles. The first-order valence-electron chi connectivity index (χ1n) is 6.06. The number of hydrogen-bond donors (Lipinski definition) is 1. The van der Waals surface area contributed by atoms with E-state index in [1.807, 2.05) is 11.3 Å². The van der Waals surface area contributed by atoms with Gasteiger partial charge in [-0.15, -0.1) is 11.3 Å². The lowest BCUT2D eigenvalue weighted by atomic mass is 9.90. The summed E-state index contributed by atoms with van der Waals surface area (Å²) in [6, 6.07) is 4.41. The Kier molecular flexibility index (Phi) is 3.81. The fourth-order valence-electron chi connectivity index (χ4n) is 2.36. The van der Waals surface area contributed by atoms with Crippen molar-refractivity contribution in [3.63, 3.8) is 0 Å². The van der Waals surface area contributed by atoms with Gasteiger partial charge in [-0.2, -0.15) is 0 Å². The summed E-state index contributed by atoms with van der Waals surface area (Å²) in [4.78, 5) is 1.53. The van der Waals surface area contributed by atoms with Crippen LogP contribution in [-0.4, -0.2) is 12.1 Å². The maximum atomic E-state index is 3.73. The number of thiophene rings is 1. The van der Waals surface area contributed by atoms with E-state index in [9.17, 15) is 0 Å². The molecule has 1 N–H and O–H groups in total. The van der Waals surface area contributed by atoms with Gasteiger partial charge in [0.05, 0.1) is 0 Å². The van der Waals surface area contributed by atoms with Crippen molar-refractivity contribution in [2.75, 3.05) is 6.54 Å². The van der Waals surface area contributed by atoms with E-state index < -0.39 is 0 Å². The zero-order valence-electron chi connectivity index (χ0n) is 9.59. The summed E-state index contributed by atoms with van der Waals surface area (Å²) in [6.07, 6.45) is 8.02. The molecule has 1 saturated heterocycles. The van der Waals surface area contributed by atoms with E-state index in [0.29, 0.717) is 5.54 Å². The number of hydrogen-bond acceptors (Lipinski definition) is 2. The van der Waals surface area contributed by atoms with Crippen LogP contribution < -0.4 is 5.32 Å². The van der Waals surface area contributed by atoms with Crippen molar-refractivity contribution in [2.24, 2.45) is 0 Å². The Balaban J connectivity index is 1.86. The second-order valence-corrected chi connectivity index (χ2v) is 5.91. The molecule has 0 bridgehead atoms. The molecule has 2 heteroatoms. The first kappa shape index (κ1) is 11.2. The van der Waals surface area contributed by atoms with Crippen molar-refractivity contribution < 1.29 is 0 Å². The van der Waals surface area contributed by atoms with E-state index >= 15 is 0 Å². The van der Waals surface area contributed by atoms with Gasteiger partial charge in [0.15, 0.2) is 0 Å². The summed E-state index contributed by atoms with van der Waals surface area (Å²) in [5.41, 5.74) is 0.389. The highest BCUT2D eigenvalue weighted by molar-refractivity contribution is 7.09. The third kappa shape index (κ3) is 3.32. The first-order valence-corrected chi connectivity index (χ1v) is 6.94. The van der Waals surface area contributed by atoms with Crippen LogP contribution in [-0.2, 0) is 6.42 Å². The van der Waals surface area contributed by atoms with Crippen molar-refractivity contribution in [3.8, 4) is 0 Å². The summed E-state index contributed by atoms with van der Waals surface area (Å²) < 4.78 is 0. The summed E-state index contributed by atoms with van der Waals surface area (Å²) in [5.74, 6) is 0. The normalized spacial score (nSPS) is 27.5. The van der Waals surface area contributed by atoms with Crippen LogP contribution >= 0.6 is 11.3 Å². The molecular weight excluding hydrogens is 202 g/mol. The quantitative estimate of drug-likeness (QED) is 0.825. The predicted molar refractivity (Wildman–Crippen MR) is 67.5 cm³/mol. The highest BCUT2D eigenvalue weighted by atomic mass is 32.1. The zero-order chi connectivity index (χ0) is 10.6. The van der Waals surface area contributed by atoms with Gasteiger partial charge in [-0.05, 0) is 50.6 Å². The molecule has 1 aliphatic heterocycles. The van der Waals surface area contributed by atoms with E-state index in [2.05, 4.69) is 29.8 Å². The third-order valence-corrected chi connectivity index (χ3v) is 4.40. The minimum atomic E-state index is 0.389. The molecule has 1 aromatic rings. The molecule has 84 valence electrons. The van der Waals surface area contributed by atoms with E-state index in [0.717, 1.165) is 0 Å². The SMILES string of the molecule is CC1(CCc2cccs2)CCCCCN1. The maximum Gasteiger partial charge on any atom is 0.0156 e. The lowest BCUT2D eigenvalue weighted by Crippen LogP contribution is -2.41. The van der Waals surface area contributed by atoms with E-state index in [1.165, 1.54) is 49.9 Å². The summed E-state index contributed by atoms with van der Waals surface area (Å²) in [7, 11) is 0. The lowest BCUT2D eigenvalue weighted by molar-refractivity contribution is 0.325. The van der Waals surface area contributed by atoms with Gasteiger partial charge in [-0.3, -0.25) is 0 Å². The van der Waals surface area contributed by atoms with Gasteiger partial charge in [-0.25, -0.2) is 0 Å². The van der Waals surface area contributed by atoms with Crippen LogP contribution in [0.1, 0.15) is 43.9 Å². The Labute approximate surface area is 96.9 Å². The van der Waals surface area contributed by atoms with Crippen LogP contribution in [0, 0.1) is 0 Å². The van der Waals surface area contributed by atoms with E-state index in [1.54, 1.807) is 0 Å². The standard InChI is InChI=1S/C13H21NS/c1-13(8-3-2-4-10-14-13)9-7-12-6-5-11-15-12/h5-6,11,14H,2-4,7-10H2,1H3. The molecule has 15 heavy (non-hydrogen) atoms. The van der Waals surface area contributed by atoms with Crippen LogP contribution in [0.25, 0.3) is 0 Å². The number of nitrogens with one attached hydrogen (secondary N) is 1. The van der Waals surface area contributed by atoms with Gasteiger partial charge in [0.2, 0.25) is 0 Å². The Bertz CT molecular complexity index is 271. The average molecular weight is 223 g/mol. The predicted octanol–water partition coefficient (Wildman–Crippen LogP) is 3.60. The largest absolute Gasteiger partial charge is 0.312 e. The molecule has 0 aromatic carbocycles. The summed E-state index contributed by atoms with van der Waals surface area (Å²) in [6.45, 7) is 3.60. The van der Waals surface area contributed by atoms with E-state index in [4.69, 9.17) is 0 Å². The van der Waals surface area contributed by atoms with Crippen LogP contribution in [0.3, 0.4) is 0 Å². The Morgan fingerprint density at radius 3 is 3.13 bits per heavy atom. The number of aryl methyl sites for hydroxylation is 1. The van der Waals surface area contributed by atoms with Crippen molar-refractivity contribution in [3.05, 3.63) is 22.4 Å². The zero-order valence-corrected chi connectivity index (χ0v) is 10.4. The highest BCUT2D eigenvalue weighted by Gasteiger charge is 2.24. The van der Waals surface area contributed by atoms with Crippen LogP contribution in [0.2, 0.25) is 0 Å². The monoisotopic (exact) mass is 223 g/mol. The molecule has 1 nitrogen and oxygen atoms in total. The number of rotatable bonds is 3. The van der Waals surface area contributed by atoms with E-state index in [-0.39, 0.29) is 0 Å². The van der Waals surface area contributed by atoms with Crippen LogP contribution in [0.15, 0.2) is 17.5 Å². The van der Waals surface area contributed by atoms with Gasteiger partial charge in [0.25, 0.3) is 0 Å². The average Bonchev–Trinajstić information content (AvgIpc) is 2.65.